The van der Waals surface area contributed by atoms with Crippen LogP contribution in [0.3, 0.4) is 0 Å². The normalized spacial score (nSPS) is 11.5. The molecule has 0 saturated carbocycles. The van der Waals surface area contributed by atoms with Crippen LogP contribution >= 0.6 is 0 Å². The monoisotopic (exact) mass is 309 g/mol. The molecule has 21 heavy (non-hydrogen) atoms. The van der Waals surface area contributed by atoms with E-state index in [2.05, 4.69) is 6.92 Å². The molecule has 0 bridgehead atoms. The minimum atomic E-state index is -3.22. The molecule has 0 fully saturated rings. The van der Waals surface area contributed by atoms with Crippen molar-refractivity contribution in [3.05, 3.63) is 29.8 Å². The molecule has 1 rings (SSSR count). The number of benzene rings is 1. The summed E-state index contributed by atoms with van der Waals surface area (Å²) in [5.41, 5.74) is 0.376. The fraction of sp³-hybridized carbons (Fsp3) is 0.588. The van der Waals surface area contributed by atoms with Gasteiger partial charge in [-0.25, -0.2) is 8.42 Å². The van der Waals surface area contributed by atoms with Gasteiger partial charge < -0.3 is 0 Å². The lowest BCUT2D eigenvalue weighted by Crippen LogP contribution is -2.06. The van der Waals surface area contributed by atoms with Gasteiger partial charge in [-0.2, -0.15) is 0 Å². The van der Waals surface area contributed by atoms with Gasteiger partial charge in [0.2, 0.25) is 6.29 Å². The van der Waals surface area contributed by atoms with Crippen molar-refractivity contribution in [2.45, 2.75) is 63.2 Å². The second kappa shape index (κ2) is 9.72. The Morgan fingerprint density at radius 2 is 1.38 bits per heavy atom. The van der Waals surface area contributed by atoms with Gasteiger partial charge in [-0.1, -0.05) is 51.9 Å². The summed E-state index contributed by atoms with van der Waals surface area (Å²) >= 11 is 0. The van der Waals surface area contributed by atoms with Gasteiger partial charge in [0.15, 0.2) is 9.84 Å². The molecule has 0 aliphatic heterocycles. The van der Waals surface area contributed by atoms with Crippen molar-refractivity contribution in [2.75, 3.05) is 5.75 Å². The van der Waals surface area contributed by atoms with Crippen molar-refractivity contribution in [2.24, 2.45) is 0 Å². The van der Waals surface area contributed by atoms with Gasteiger partial charge in [-0.05, 0) is 30.7 Å². The third-order valence-electron chi connectivity index (χ3n) is 3.60. The van der Waals surface area contributed by atoms with Crippen LogP contribution in [-0.2, 0) is 14.6 Å². The molecular weight excluding hydrogens is 284 g/mol. The predicted octanol–water partition coefficient (Wildman–Crippen LogP) is 4.06. The zero-order valence-corrected chi connectivity index (χ0v) is 13.6. The van der Waals surface area contributed by atoms with Crippen LogP contribution in [0.15, 0.2) is 29.2 Å². The van der Waals surface area contributed by atoms with Gasteiger partial charge in [-0.3, -0.25) is 4.79 Å². The molecule has 0 aliphatic carbocycles. The van der Waals surface area contributed by atoms with Crippen LogP contribution in [0.5, 0.6) is 0 Å². The molecule has 4 heteroatoms. The minimum Gasteiger partial charge on any atom is -0.285 e. The van der Waals surface area contributed by atoms with Crippen LogP contribution in [0, 0.1) is 0 Å². The number of rotatable bonds is 11. The molecule has 0 unspecified atom stereocenters. The number of hydrogen-bond acceptors (Lipinski definition) is 3. The van der Waals surface area contributed by atoms with Crippen molar-refractivity contribution >= 4 is 16.1 Å². The summed E-state index contributed by atoms with van der Waals surface area (Å²) in [6.45, 7) is 2.20. The van der Waals surface area contributed by atoms with E-state index in [0.29, 0.717) is 16.9 Å². The summed E-state index contributed by atoms with van der Waals surface area (Å²) in [6, 6.07) is 5.96. The molecule has 3 nitrogen and oxygen atoms in total. The van der Waals surface area contributed by atoms with E-state index >= 15 is 0 Å². The fourth-order valence-corrected chi connectivity index (χ4v) is 3.64. The lowest BCUT2D eigenvalue weighted by molar-refractivity contribution is 0.562. The van der Waals surface area contributed by atoms with Crippen LogP contribution in [-0.4, -0.2) is 20.5 Å². The Kier molecular flexibility index (Phi) is 8.28. The Balaban J connectivity index is 2.28. The first kappa shape index (κ1) is 17.9. The summed E-state index contributed by atoms with van der Waals surface area (Å²) in [6.07, 6.45) is 10.8. The average molecular weight is 309 g/mol. The molecule has 0 N–H and O–H groups in total. The summed E-state index contributed by atoms with van der Waals surface area (Å²) in [4.78, 5) is 10.7. The maximum Gasteiger partial charge on any atom is 0.233 e. The topological polar surface area (TPSA) is 51.2 Å². The number of carbonyl (C=O) groups excluding carboxylic acids is 1. The Morgan fingerprint density at radius 3 is 1.90 bits per heavy atom. The van der Waals surface area contributed by atoms with E-state index in [-0.39, 0.29) is 5.75 Å². The second-order valence-corrected chi connectivity index (χ2v) is 7.53. The van der Waals surface area contributed by atoms with E-state index in [0.717, 1.165) is 12.8 Å². The van der Waals surface area contributed by atoms with Crippen LogP contribution in [0.2, 0.25) is 0 Å². The predicted molar refractivity (Wildman–Crippen MR) is 85.9 cm³/mol. The number of hydrogen-bond donors (Lipinski definition) is 0. The zero-order valence-electron chi connectivity index (χ0n) is 12.8. The van der Waals surface area contributed by atoms with Gasteiger partial charge in [0.1, 0.15) is 0 Å². The summed E-state index contributed by atoms with van der Waals surface area (Å²) < 4.78 is 24.2. The van der Waals surface area contributed by atoms with E-state index in [1.165, 1.54) is 56.4 Å². The Hall–Kier alpha value is -1.16. The van der Waals surface area contributed by atoms with Gasteiger partial charge in [-0.15, -0.1) is 0 Å². The third kappa shape index (κ3) is 6.89. The first-order chi connectivity index (χ1) is 10.1. The molecule has 0 amide bonds. The maximum atomic E-state index is 12.1. The lowest BCUT2D eigenvalue weighted by Gasteiger charge is -2.05. The van der Waals surface area contributed by atoms with Crippen molar-refractivity contribution in [1.82, 2.24) is 0 Å². The maximum absolute atomic E-state index is 12.1. The van der Waals surface area contributed by atoms with Gasteiger partial charge in [0.25, 0.3) is 0 Å². The molecule has 0 saturated heterocycles. The molecule has 0 aromatic heterocycles. The molecule has 117 valence electrons. The van der Waals surface area contributed by atoms with E-state index in [4.69, 9.17) is 0 Å². The van der Waals surface area contributed by atoms with Crippen LogP contribution in [0.1, 0.15) is 63.9 Å². The summed E-state index contributed by atoms with van der Waals surface area (Å²) in [7, 11) is -3.22. The van der Waals surface area contributed by atoms with Crippen LogP contribution < -0.4 is 0 Å². The fourth-order valence-electron chi connectivity index (χ4n) is 2.27. The molecule has 1 radical (unpaired) electrons. The first-order valence-corrected chi connectivity index (χ1v) is 9.46. The van der Waals surface area contributed by atoms with Crippen molar-refractivity contribution in [1.29, 1.82) is 0 Å². The van der Waals surface area contributed by atoms with Gasteiger partial charge >= 0.3 is 0 Å². The largest absolute Gasteiger partial charge is 0.285 e. The molecule has 1 aromatic carbocycles. The van der Waals surface area contributed by atoms with E-state index in [9.17, 15) is 13.2 Å². The zero-order chi connectivity index (χ0) is 15.6. The van der Waals surface area contributed by atoms with Crippen LogP contribution in [0.4, 0.5) is 0 Å². The SMILES string of the molecule is CCCCCCCCCCS(=O)(=O)c1ccc([C]=O)cc1. The van der Waals surface area contributed by atoms with Crippen molar-refractivity contribution in [3.63, 3.8) is 0 Å². The lowest BCUT2D eigenvalue weighted by atomic mass is 10.1. The van der Waals surface area contributed by atoms with E-state index < -0.39 is 9.84 Å². The molecular formula is C17H25O3S. The summed E-state index contributed by atoms with van der Waals surface area (Å²) in [5, 5.41) is 0. The number of unbranched alkanes of at least 4 members (excludes halogenated alkanes) is 7. The second-order valence-electron chi connectivity index (χ2n) is 5.42. The Bertz CT molecular complexity index is 503. The number of sulfone groups is 1. The highest BCUT2D eigenvalue weighted by Crippen LogP contribution is 2.15. The van der Waals surface area contributed by atoms with Gasteiger partial charge in [0.05, 0.1) is 10.6 Å². The van der Waals surface area contributed by atoms with E-state index in [1.807, 2.05) is 0 Å². The smallest absolute Gasteiger partial charge is 0.233 e. The molecule has 1 aromatic rings. The van der Waals surface area contributed by atoms with Crippen molar-refractivity contribution < 1.29 is 13.2 Å². The minimum absolute atomic E-state index is 0.187. The standard InChI is InChI=1S/C17H25O3S/c1-2-3-4-5-6-7-8-9-14-21(19,20)17-12-10-16(15-18)11-13-17/h10-13H,2-9,14H2,1H3. The average Bonchev–Trinajstić information content (AvgIpc) is 2.50. The highest BCUT2D eigenvalue weighted by atomic mass is 32.2. The highest BCUT2D eigenvalue weighted by molar-refractivity contribution is 7.91. The Morgan fingerprint density at radius 1 is 0.857 bits per heavy atom. The van der Waals surface area contributed by atoms with E-state index in [1.54, 1.807) is 6.29 Å². The third-order valence-corrected chi connectivity index (χ3v) is 5.41. The molecule has 0 atom stereocenters. The quantitative estimate of drug-likeness (QED) is 0.579. The molecule has 0 heterocycles. The van der Waals surface area contributed by atoms with Crippen LogP contribution in [0.25, 0.3) is 0 Å². The highest BCUT2D eigenvalue weighted by Gasteiger charge is 2.13. The first-order valence-electron chi connectivity index (χ1n) is 7.81. The Labute approximate surface area is 128 Å². The van der Waals surface area contributed by atoms with Crippen molar-refractivity contribution in [3.8, 4) is 0 Å². The van der Waals surface area contributed by atoms with Gasteiger partial charge in [0, 0.05) is 5.56 Å². The molecule has 0 spiro atoms. The molecule has 0 aliphatic rings. The summed E-state index contributed by atoms with van der Waals surface area (Å²) in [5.74, 6) is 0.187.